The Morgan fingerprint density at radius 2 is 2.44 bits per heavy atom. The lowest BCUT2D eigenvalue weighted by atomic mass is 9.93. The standard InChI is InChI=1S/C13H16N2O2S/c1-8-3-4-11-12(5-8)18-13(16)15(11)7-10-6-9(2)14-17-10/h6,8H,3-5,7H2,1-2H3. The van der Waals surface area contributed by atoms with Gasteiger partial charge in [0.15, 0.2) is 5.76 Å². The fourth-order valence-corrected chi connectivity index (χ4v) is 3.72. The molecule has 1 aliphatic carbocycles. The normalized spacial score (nSPS) is 18.9. The Bertz CT molecular complexity index is 623. The van der Waals surface area contributed by atoms with Crippen molar-refractivity contribution in [2.45, 2.75) is 39.7 Å². The summed E-state index contributed by atoms with van der Waals surface area (Å²) in [6.45, 7) is 4.65. The zero-order valence-corrected chi connectivity index (χ0v) is 11.4. The minimum absolute atomic E-state index is 0.128. The first-order valence-corrected chi connectivity index (χ1v) is 7.08. The maximum Gasteiger partial charge on any atom is 0.307 e. The molecule has 0 bridgehead atoms. The van der Waals surface area contributed by atoms with E-state index in [2.05, 4.69) is 12.1 Å². The summed E-state index contributed by atoms with van der Waals surface area (Å²) in [4.78, 5) is 13.4. The van der Waals surface area contributed by atoms with Crippen LogP contribution >= 0.6 is 11.3 Å². The molecule has 4 nitrogen and oxygen atoms in total. The van der Waals surface area contributed by atoms with Gasteiger partial charge in [-0.05, 0) is 32.1 Å². The molecule has 0 fully saturated rings. The maximum absolute atomic E-state index is 12.0. The van der Waals surface area contributed by atoms with Crippen LogP contribution in [0, 0.1) is 12.8 Å². The van der Waals surface area contributed by atoms with Crippen LogP contribution in [0.2, 0.25) is 0 Å². The molecule has 0 saturated heterocycles. The van der Waals surface area contributed by atoms with E-state index in [4.69, 9.17) is 4.52 Å². The molecule has 0 N–H and O–H groups in total. The molecule has 0 aromatic carbocycles. The van der Waals surface area contributed by atoms with Gasteiger partial charge in [-0.2, -0.15) is 0 Å². The van der Waals surface area contributed by atoms with E-state index in [0.717, 1.165) is 24.3 Å². The van der Waals surface area contributed by atoms with Crippen molar-refractivity contribution in [3.63, 3.8) is 0 Å². The van der Waals surface area contributed by atoms with Crippen LogP contribution in [0.4, 0.5) is 0 Å². The molecule has 5 heteroatoms. The number of rotatable bonds is 2. The Kier molecular flexibility index (Phi) is 2.86. The quantitative estimate of drug-likeness (QED) is 0.836. The number of hydrogen-bond acceptors (Lipinski definition) is 4. The molecule has 0 saturated carbocycles. The summed E-state index contributed by atoms with van der Waals surface area (Å²) < 4.78 is 7.05. The highest BCUT2D eigenvalue weighted by atomic mass is 32.1. The average Bonchev–Trinajstić information content (AvgIpc) is 2.84. The van der Waals surface area contributed by atoms with Gasteiger partial charge in [0, 0.05) is 16.6 Å². The minimum atomic E-state index is 0.128. The topological polar surface area (TPSA) is 48.0 Å². The van der Waals surface area contributed by atoms with Gasteiger partial charge >= 0.3 is 4.87 Å². The molecule has 0 radical (unpaired) electrons. The zero-order chi connectivity index (χ0) is 12.7. The molecule has 3 rings (SSSR count). The van der Waals surface area contributed by atoms with E-state index < -0.39 is 0 Å². The van der Waals surface area contributed by atoms with E-state index >= 15 is 0 Å². The fourth-order valence-electron chi connectivity index (χ4n) is 2.52. The van der Waals surface area contributed by atoms with Crippen molar-refractivity contribution in [3.05, 3.63) is 37.8 Å². The second-order valence-corrected chi connectivity index (χ2v) is 6.15. The first-order valence-electron chi connectivity index (χ1n) is 6.27. The predicted molar refractivity (Wildman–Crippen MR) is 70.1 cm³/mol. The van der Waals surface area contributed by atoms with Gasteiger partial charge in [0.1, 0.15) is 0 Å². The van der Waals surface area contributed by atoms with E-state index in [-0.39, 0.29) is 4.87 Å². The summed E-state index contributed by atoms with van der Waals surface area (Å²) in [5, 5.41) is 3.86. The van der Waals surface area contributed by atoms with Crippen LogP contribution in [-0.2, 0) is 19.4 Å². The Labute approximate surface area is 109 Å². The highest BCUT2D eigenvalue weighted by Gasteiger charge is 2.22. The number of aryl methyl sites for hydroxylation is 1. The van der Waals surface area contributed by atoms with Crippen molar-refractivity contribution >= 4 is 11.3 Å². The van der Waals surface area contributed by atoms with Gasteiger partial charge in [0.25, 0.3) is 0 Å². The van der Waals surface area contributed by atoms with E-state index in [1.54, 1.807) is 0 Å². The highest BCUT2D eigenvalue weighted by molar-refractivity contribution is 7.09. The van der Waals surface area contributed by atoms with Gasteiger partial charge in [0.2, 0.25) is 0 Å². The van der Waals surface area contributed by atoms with Crippen LogP contribution in [-0.4, -0.2) is 9.72 Å². The Morgan fingerprint density at radius 3 is 3.17 bits per heavy atom. The molecule has 2 heterocycles. The largest absolute Gasteiger partial charge is 0.359 e. The molecule has 0 amide bonds. The maximum atomic E-state index is 12.0. The fraction of sp³-hybridized carbons (Fsp3) is 0.538. The van der Waals surface area contributed by atoms with Crippen molar-refractivity contribution in [2.75, 3.05) is 0 Å². The molecule has 2 aromatic heterocycles. The van der Waals surface area contributed by atoms with Crippen molar-refractivity contribution in [2.24, 2.45) is 5.92 Å². The number of hydrogen-bond donors (Lipinski definition) is 0. The molecule has 1 atom stereocenters. The Morgan fingerprint density at radius 1 is 1.61 bits per heavy atom. The third kappa shape index (κ3) is 2.03. The van der Waals surface area contributed by atoms with Gasteiger partial charge in [0.05, 0.1) is 12.2 Å². The van der Waals surface area contributed by atoms with Crippen LogP contribution in [0.25, 0.3) is 0 Å². The van der Waals surface area contributed by atoms with Gasteiger partial charge in [-0.15, -0.1) is 0 Å². The number of aromatic nitrogens is 2. The molecule has 1 unspecified atom stereocenters. The first kappa shape index (κ1) is 11.7. The summed E-state index contributed by atoms with van der Waals surface area (Å²) in [6.07, 6.45) is 3.21. The van der Waals surface area contributed by atoms with E-state index in [9.17, 15) is 4.79 Å². The summed E-state index contributed by atoms with van der Waals surface area (Å²) in [6, 6.07) is 1.89. The lowest BCUT2D eigenvalue weighted by molar-refractivity contribution is 0.369. The predicted octanol–water partition coefficient (Wildman–Crippen LogP) is 2.38. The summed E-state index contributed by atoms with van der Waals surface area (Å²) >= 11 is 1.39. The van der Waals surface area contributed by atoms with Crippen LogP contribution in [0.3, 0.4) is 0 Å². The van der Waals surface area contributed by atoms with E-state index in [1.165, 1.54) is 28.3 Å². The summed E-state index contributed by atoms with van der Waals surface area (Å²) in [7, 11) is 0. The Balaban J connectivity index is 1.95. The van der Waals surface area contributed by atoms with Crippen molar-refractivity contribution in [1.82, 2.24) is 9.72 Å². The molecular formula is C13H16N2O2S. The highest BCUT2D eigenvalue weighted by Crippen LogP contribution is 2.27. The molecule has 0 aliphatic heterocycles. The number of nitrogens with zero attached hydrogens (tertiary/aromatic N) is 2. The molecule has 1 aliphatic rings. The van der Waals surface area contributed by atoms with Crippen molar-refractivity contribution in [3.8, 4) is 0 Å². The van der Waals surface area contributed by atoms with Crippen molar-refractivity contribution in [1.29, 1.82) is 0 Å². The third-order valence-corrected chi connectivity index (χ3v) is 4.52. The van der Waals surface area contributed by atoms with Crippen LogP contribution < -0.4 is 4.87 Å². The second kappa shape index (κ2) is 4.39. The van der Waals surface area contributed by atoms with Gasteiger partial charge < -0.3 is 4.52 Å². The summed E-state index contributed by atoms with van der Waals surface area (Å²) in [5.74, 6) is 1.45. The smallest absolute Gasteiger partial charge is 0.307 e. The second-order valence-electron chi connectivity index (χ2n) is 5.11. The van der Waals surface area contributed by atoms with Gasteiger partial charge in [-0.1, -0.05) is 23.4 Å². The third-order valence-electron chi connectivity index (χ3n) is 3.48. The lowest BCUT2D eigenvalue weighted by Gasteiger charge is -2.18. The van der Waals surface area contributed by atoms with E-state index in [1.807, 2.05) is 17.6 Å². The number of thiazole rings is 1. The molecule has 2 aromatic rings. The average molecular weight is 264 g/mol. The summed E-state index contributed by atoms with van der Waals surface area (Å²) in [5.41, 5.74) is 2.06. The minimum Gasteiger partial charge on any atom is -0.359 e. The monoisotopic (exact) mass is 264 g/mol. The molecular weight excluding hydrogens is 248 g/mol. The van der Waals surface area contributed by atoms with Crippen LogP contribution in [0.15, 0.2) is 15.4 Å². The molecule has 96 valence electrons. The van der Waals surface area contributed by atoms with Gasteiger partial charge in [-0.3, -0.25) is 9.36 Å². The SMILES string of the molecule is Cc1cc(Cn2c3c(sc2=O)CC(C)CC3)on1. The van der Waals surface area contributed by atoms with Gasteiger partial charge in [-0.25, -0.2) is 0 Å². The Hall–Kier alpha value is -1.36. The van der Waals surface area contributed by atoms with Crippen molar-refractivity contribution < 1.29 is 4.52 Å². The van der Waals surface area contributed by atoms with Crippen LogP contribution in [0.1, 0.15) is 35.4 Å². The van der Waals surface area contributed by atoms with Crippen LogP contribution in [0.5, 0.6) is 0 Å². The van der Waals surface area contributed by atoms with E-state index in [0.29, 0.717) is 12.5 Å². The molecule has 18 heavy (non-hydrogen) atoms. The molecule has 0 spiro atoms. The number of fused-ring (bicyclic) bond motifs is 1. The first-order chi connectivity index (χ1) is 8.63. The zero-order valence-electron chi connectivity index (χ0n) is 10.6. The lowest BCUT2D eigenvalue weighted by Crippen LogP contribution is -2.19.